The Kier molecular flexibility index (Phi) is 6.07. The van der Waals surface area contributed by atoms with E-state index in [1.165, 1.54) is 11.3 Å². The van der Waals surface area contributed by atoms with Crippen LogP contribution in [0.1, 0.15) is 6.42 Å². The molecule has 0 aromatic heterocycles. The molecule has 2 aliphatic heterocycles. The highest BCUT2D eigenvalue weighted by Crippen LogP contribution is 2.17. The van der Waals surface area contributed by atoms with E-state index >= 15 is 0 Å². The maximum absolute atomic E-state index is 12.3. The molecule has 0 amide bonds. The second-order valence-corrected chi connectivity index (χ2v) is 5.68. The van der Waals surface area contributed by atoms with E-state index < -0.39 is 12.7 Å². The number of nitrogens with one attached hydrogen (secondary N) is 1. The van der Waals surface area contributed by atoms with Gasteiger partial charge in [0.1, 0.15) is 0 Å². The minimum absolute atomic E-state index is 0.529. The highest BCUT2D eigenvalue weighted by molar-refractivity contribution is 4.75. The Bertz CT molecular complexity index is 269. The average Bonchev–Trinajstić information content (AvgIpc) is 2.65. The van der Waals surface area contributed by atoms with Crippen molar-refractivity contribution in [2.24, 2.45) is 0 Å². The van der Waals surface area contributed by atoms with Gasteiger partial charge in [-0.2, -0.15) is 13.2 Å². The molecule has 0 aliphatic carbocycles. The molecule has 0 spiro atoms. The Hall–Kier alpha value is -0.370. The lowest BCUT2D eigenvalue weighted by molar-refractivity contribution is -0.149. The maximum atomic E-state index is 12.3. The predicted molar refractivity (Wildman–Crippen MR) is 72.9 cm³/mol. The van der Waals surface area contributed by atoms with Crippen LogP contribution in [0.2, 0.25) is 0 Å². The van der Waals surface area contributed by atoms with Gasteiger partial charge in [0.15, 0.2) is 0 Å². The Morgan fingerprint density at radius 1 is 0.750 bits per heavy atom. The second-order valence-electron chi connectivity index (χ2n) is 5.68. The third-order valence-electron chi connectivity index (χ3n) is 4.03. The van der Waals surface area contributed by atoms with Crippen LogP contribution in [-0.4, -0.2) is 92.9 Å². The van der Waals surface area contributed by atoms with Crippen LogP contribution >= 0.6 is 0 Å². The summed E-state index contributed by atoms with van der Waals surface area (Å²) in [4.78, 5) is 6.24. The Balaban J connectivity index is 1.61. The molecule has 20 heavy (non-hydrogen) atoms. The molecule has 0 atom stereocenters. The maximum Gasteiger partial charge on any atom is 0.401 e. The fraction of sp³-hybridized carbons (Fsp3) is 1.00. The number of hydrogen-bond donors (Lipinski definition) is 1. The van der Waals surface area contributed by atoms with E-state index in [0.29, 0.717) is 13.1 Å². The molecule has 2 fully saturated rings. The summed E-state index contributed by atoms with van der Waals surface area (Å²) < 4.78 is 36.9. The van der Waals surface area contributed by atoms with Gasteiger partial charge in [-0.3, -0.25) is 9.80 Å². The normalized spacial score (nSPS) is 24.8. The van der Waals surface area contributed by atoms with Gasteiger partial charge in [0.2, 0.25) is 0 Å². The van der Waals surface area contributed by atoms with Crippen LogP contribution in [0.4, 0.5) is 13.2 Å². The van der Waals surface area contributed by atoms with Crippen LogP contribution in [0.15, 0.2) is 0 Å². The number of nitrogens with zero attached hydrogens (tertiary/aromatic N) is 3. The van der Waals surface area contributed by atoms with Crippen molar-refractivity contribution >= 4 is 0 Å². The van der Waals surface area contributed by atoms with Crippen molar-refractivity contribution < 1.29 is 13.2 Å². The summed E-state index contributed by atoms with van der Waals surface area (Å²) in [5, 5.41) is 3.37. The highest BCUT2D eigenvalue weighted by atomic mass is 19.4. The minimum atomic E-state index is -4.07. The zero-order chi connectivity index (χ0) is 14.4. The van der Waals surface area contributed by atoms with Gasteiger partial charge in [-0.25, -0.2) is 0 Å². The smallest absolute Gasteiger partial charge is 0.315 e. The summed E-state index contributed by atoms with van der Waals surface area (Å²) in [6.07, 6.45) is -2.89. The van der Waals surface area contributed by atoms with Gasteiger partial charge in [-0.1, -0.05) is 0 Å². The van der Waals surface area contributed by atoms with Crippen molar-refractivity contribution in [1.29, 1.82) is 0 Å². The van der Waals surface area contributed by atoms with Gasteiger partial charge in [-0.15, -0.1) is 0 Å². The van der Waals surface area contributed by atoms with Gasteiger partial charge in [0.05, 0.1) is 6.54 Å². The summed E-state index contributed by atoms with van der Waals surface area (Å²) in [6, 6.07) is 0. The lowest BCUT2D eigenvalue weighted by atomic mass is 10.3. The van der Waals surface area contributed by atoms with Crippen LogP contribution in [0.3, 0.4) is 0 Å². The molecule has 2 rings (SSSR count). The van der Waals surface area contributed by atoms with Gasteiger partial charge in [0.25, 0.3) is 0 Å². The third-order valence-corrected chi connectivity index (χ3v) is 4.03. The monoisotopic (exact) mass is 294 g/mol. The van der Waals surface area contributed by atoms with E-state index in [2.05, 4.69) is 15.1 Å². The molecule has 1 N–H and O–H groups in total. The molecule has 2 heterocycles. The second kappa shape index (κ2) is 7.59. The number of hydrogen-bond acceptors (Lipinski definition) is 4. The number of piperazine rings is 1. The molecule has 7 heteroatoms. The molecule has 0 radical (unpaired) electrons. The van der Waals surface area contributed by atoms with Crippen molar-refractivity contribution in [2.45, 2.75) is 12.6 Å². The number of halogens is 3. The first-order valence-corrected chi connectivity index (χ1v) is 7.47. The number of rotatable bonds is 4. The summed E-state index contributed by atoms with van der Waals surface area (Å²) in [5.41, 5.74) is 0. The van der Waals surface area contributed by atoms with Gasteiger partial charge in [-0.05, 0) is 19.5 Å². The molecule has 2 aliphatic rings. The predicted octanol–water partition coefficient (Wildman–Crippen LogP) is 0.462. The van der Waals surface area contributed by atoms with Crippen molar-refractivity contribution in [3.05, 3.63) is 0 Å². The van der Waals surface area contributed by atoms with E-state index in [4.69, 9.17) is 0 Å². The lowest BCUT2D eigenvalue weighted by Gasteiger charge is -2.35. The summed E-state index contributed by atoms with van der Waals surface area (Å²) in [7, 11) is 0. The van der Waals surface area contributed by atoms with Crippen LogP contribution in [-0.2, 0) is 0 Å². The largest absolute Gasteiger partial charge is 0.401 e. The molecule has 0 aromatic carbocycles. The van der Waals surface area contributed by atoms with Gasteiger partial charge >= 0.3 is 6.18 Å². The molecule has 0 aromatic rings. The average molecular weight is 294 g/mol. The van der Waals surface area contributed by atoms with E-state index in [9.17, 15) is 13.2 Å². The zero-order valence-electron chi connectivity index (χ0n) is 12.0. The van der Waals surface area contributed by atoms with Crippen LogP contribution in [0.5, 0.6) is 0 Å². The van der Waals surface area contributed by atoms with Crippen molar-refractivity contribution in [3.63, 3.8) is 0 Å². The van der Waals surface area contributed by atoms with Crippen molar-refractivity contribution in [1.82, 2.24) is 20.0 Å². The van der Waals surface area contributed by atoms with E-state index in [1.54, 1.807) is 0 Å². The van der Waals surface area contributed by atoms with E-state index in [1.807, 2.05) is 0 Å². The van der Waals surface area contributed by atoms with Gasteiger partial charge in [0, 0.05) is 52.4 Å². The van der Waals surface area contributed by atoms with Gasteiger partial charge < -0.3 is 10.2 Å². The Morgan fingerprint density at radius 2 is 1.35 bits per heavy atom. The SMILES string of the molecule is FC(F)(F)CN1CCN(CCN2CCCNCC2)CC1. The fourth-order valence-corrected chi connectivity index (χ4v) is 2.83. The molecule has 118 valence electrons. The minimum Gasteiger partial charge on any atom is -0.315 e. The highest BCUT2D eigenvalue weighted by Gasteiger charge is 2.32. The summed E-state index contributed by atoms with van der Waals surface area (Å²) >= 11 is 0. The molecule has 0 saturated carbocycles. The van der Waals surface area contributed by atoms with E-state index in [0.717, 1.165) is 52.4 Å². The first-order chi connectivity index (χ1) is 9.53. The molecule has 2 saturated heterocycles. The quantitative estimate of drug-likeness (QED) is 0.813. The lowest BCUT2D eigenvalue weighted by Crippen LogP contribution is -2.50. The first-order valence-electron chi connectivity index (χ1n) is 7.47. The number of alkyl halides is 3. The fourth-order valence-electron chi connectivity index (χ4n) is 2.83. The standard InChI is InChI=1S/C13H25F3N4/c14-13(15,16)12-20-10-8-19(9-11-20)7-6-18-4-1-2-17-3-5-18/h17H,1-12H2. The van der Waals surface area contributed by atoms with Crippen LogP contribution in [0, 0.1) is 0 Å². The molecule has 0 bridgehead atoms. The van der Waals surface area contributed by atoms with Crippen molar-refractivity contribution in [3.8, 4) is 0 Å². The molecular weight excluding hydrogens is 269 g/mol. The molecule has 0 unspecified atom stereocenters. The molecular formula is C13H25F3N4. The zero-order valence-corrected chi connectivity index (χ0v) is 12.0. The first kappa shape index (κ1) is 16.0. The Labute approximate surface area is 118 Å². The van der Waals surface area contributed by atoms with Crippen LogP contribution in [0.25, 0.3) is 0 Å². The van der Waals surface area contributed by atoms with Crippen LogP contribution < -0.4 is 5.32 Å². The van der Waals surface area contributed by atoms with Crippen molar-refractivity contribution in [2.75, 3.05) is 72.0 Å². The summed E-state index contributed by atoms with van der Waals surface area (Å²) in [6.45, 7) is 8.13. The van der Waals surface area contributed by atoms with E-state index in [-0.39, 0.29) is 0 Å². The summed E-state index contributed by atoms with van der Waals surface area (Å²) in [5.74, 6) is 0. The third kappa shape index (κ3) is 5.95. The molecule has 4 nitrogen and oxygen atoms in total. The Morgan fingerprint density at radius 3 is 2.00 bits per heavy atom. The topological polar surface area (TPSA) is 21.8 Å².